The molecule has 0 atom stereocenters. The third kappa shape index (κ3) is 2.16. The lowest BCUT2D eigenvalue weighted by molar-refractivity contribution is 0.876. The molecule has 0 aliphatic heterocycles. The summed E-state index contributed by atoms with van der Waals surface area (Å²) < 4.78 is 0.874. The number of benzene rings is 1. The van der Waals surface area contributed by atoms with Crippen molar-refractivity contribution in [1.82, 2.24) is 9.55 Å². The van der Waals surface area contributed by atoms with Crippen molar-refractivity contribution in [1.29, 1.82) is 5.26 Å². The third-order valence-corrected chi connectivity index (χ3v) is 2.75. The summed E-state index contributed by atoms with van der Waals surface area (Å²) in [5.41, 5.74) is -0.724. The van der Waals surface area contributed by atoms with Gasteiger partial charge in [-0.3, -0.25) is 9.78 Å². The van der Waals surface area contributed by atoms with Gasteiger partial charge in [-0.15, -0.1) is 0 Å². The highest BCUT2D eigenvalue weighted by Crippen LogP contribution is 2.18. The van der Waals surface area contributed by atoms with Crippen LogP contribution < -0.4 is 11.2 Å². The van der Waals surface area contributed by atoms with Gasteiger partial charge in [0.2, 0.25) is 0 Å². The summed E-state index contributed by atoms with van der Waals surface area (Å²) in [5.74, 6) is 0. The van der Waals surface area contributed by atoms with E-state index in [1.165, 1.54) is 18.2 Å². The van der Waals surface area contributed by atoms with Crippen molar-refractivity contribution in [3.05, 3.63) is 60.8 Å². The number of nitrogens with one attached hydrogen (secondary N) is 1. The number of nitrogens with zero attached hydrogens (tertiary/aromatic N) is 2. The van der Waals surface area contributed by atoms with E-state index in [1.807, 2.05) is 6.07 Å². The smallest absolute Gasteiger partial charge is 0.297 e. The summed E-state index contributed by atoms with van der Waals surface area (Å²) >= 11 is 11.4. The normalized spacial score (nSPS) is 10.1. The van der Waals surface area contributed by atoms with Crippen LogP contribution in [-0.4, -0.2) is 9.55 Å². The van der Waals surface area contributed by atoms with Crippen LogP contribution in [-0.2, 0) is 0 Å². The Bertz CT molecular complexity index is 740. The predicted octanol–water partition coefficient (Wildman–Crippen LogP) is 1.70. The maximum absolute atomic E-state index is 11.7. The van der Waals surface area contributed by atoms with Crippen LogP contribution in [0.2, 0.25) is 10.2 Å². The first-order valence-electron chi connectivity index (χ1n) is 4.75. The molecule has 0 amide bonds. The molecular formula is C11H5Cl2N3O2. The van der Waals surface area contributed by atoms with Crippen molar-refractivity contribution < 1.29 is 0 Å². The predicted molar refractivity (Wildman–Crippen MR) is 67.4 cm³/mol. The number of aromatic amines is 1. The van der Waals surface area contributed by atoms with Crippen LogP contribution in [0.1, 0.15) is 5.56 Å². The van der Waals surface area contributed by atoms with Gasteiger partial charge in [-0.2, -0.15) is 5.26 Å². The molecule has 2 rings (SSSR count). The summed E-state index contributed by atoms with van der Waals surface area (Å²) in [7, 11) is 0. The Morgan fingerprint density at radius 2 is 1.94 bits per heavy atom. The molecule has 1 aromatic carbocycles. The monoisotopic (exact) mass is 281 g/mol. The Kier molecular flexibility index (Phi) is 3.24. The van der Waals surface area contributed by atoms with Crippen LogP contribution in [0.15, 0.2) is 33.9 Å². The molecule has 0 radical (unpaired) electrons. The molecule has 1 aromatic heterocycles. The Morgan fingerprint density at radius 3 is 2.50 bits per heavy atom. The van der Waals surface area contributed by atoms with E-state index in [4.69, 9.17) is 28.5 Å². The van der Waals surface area contributed by atoms with Gasteiger partial charge in [-0.05, 0) is 18.2 Å². The highest BCUT2D eigenvalue weighted by molar-refractivity contribution is 6.31. The number of nitriles is 1. The highest BCUT2D eigenvalue weighted by atomic mass is 35.5. The molecule has 0 bridgehead atoms. The Labute approximate surface area is 111 Å². The molecule has 0 fully saturated rings. The number of H-pyrrole nitrogens is 1. The average molecular weight is 282 g/mol. The van der Waals surface area contributed by atoms with Crippen molar-refractivity contribution in [2.45, 2.75) is 0 Å². The molecule has 2 aromatic rings. The summed E-state index contributed by atoms with van der Waals surface area (Å²) in [6.45, 7) is 0. The van der Waals surface area contributed by atoms with Gasteiger partial charge in [0.05, 0.1) is 16.3 Å². The lowest BCUT2D eigenvalue weighted by Gasteiger charge is -2.05. The van der Waals surface area contributed by atoms with E-state index < -0.39 is 11.2 Å². The van der Waals surface area contributed by atoms with Gasteiger partial charge in [0.15, 0.2) is 0 Å². The minimum atomic E-state index is -0.673. The van der Waals surface area contributed by atoms with Gasteiger partial charge in [-0.1, -0.05) is 23.2 Å². The van der Waals surface area contributed by atoms with Crippen molar-refractivity contribution in [3.8, 4) is 11.8 Å². The molecule has 0 spiro atoms. The number of halogens is 2. The second-order valence-electron chi connectivity index (χ2n) is 3.37. The number of aromatic nitrogens is 2. The molecule has 5 nitrogen and oxygen atoms in total. The first-order valence-corrected chi connectivity index (χ1v) is 5.50. The number of rotatable bonds is 1. The summed E-state index contributed by atoms with van der Waals surface area (Å²) in [5, 5.41) is 8.86. The van der Waals surface area contributed by atoms with Crippen LogP contribution >= 0.6 is 23.2 Å². The zero-order valence-corrected chi connectivity index (χ0v) is 10.3. The standard InChI is InChI=1S/C11H5Cl2N3O2/c12-8-3-7(2-1-6(8)5-14)16-10(17)4-9(13)15-11(16)18/h1-4H,(H,15,18). The number of hydrogen-bond donors (Lipinski definition) is 1. The lowest BCUT2D eigenvalue weighted by Crippen LogP contribution is -2.32. The largest absolute Gasteiger partial charge is 0.334 e. The van der Waals surface area contributed by atoms with Gasteiger partial charge in [0.25, 0.3) is 5.56 Å². The fourth-order valence-corrected chi connectivity index (χ4v) is 1.84. The van der Waals surface area contributed by atoms with Crippen LogP contribution in [0.4, 0.5) is 0 Å². The van der Waals surface area contributed by atoms with Gasteiger partial charge in [-0.25, -0.2) is 9.36 Å². The van der Waals surface area contributed by atoms with E-state index in [2.05, 4.69) is 4.98 Å². The van der Waals surface area contributed by atoms with Crippen LogP contribution in [0.3, 0.4) is 0 Å². The van der Waals surface area contributed by atoms with E-state index >= 15 is 0 Å². The maximum Gasteiger partial charge on any atom is 0.334 e. The minimum absolute atomic E-state index is 0.0407. The SMILES string of the molecule is N#Cc1ccc(-n2c(=O)cc(Cl)[nH]c2=O)cc1Cl. The Hall–Kier alpha value is -2.03. The average Bonchev–Trinajstić information content (AvgIpc) is 2.27. The molecule has 0 unspecified atom stereocenters. The molecular weight excluding hydrogens is 277 g/mol. The van der Waals surface area contributed by atoms with Crippen molar-refractivity contribution in [2.75, 3.05) is 0 Å². The van der Waals surface area contributed by atoms with Gasteiger partial charge in [0.1, 0.15) is 11.2 Å². The quantitative estimate of drug-likeness (QED) is 0.808. The van der Waals surface area contributed by atoms with Gasteiger partial charge >= 0.3 is 5.69 Å². The topological polar surface area (TPSA) is 78.7 Å². The Balaban J connectivity index is 2.72. The highest BCUT2D eigenvalue weighted by Gasteiger charge is 2.08. The molecule has 7 heteroatoms. The molecule has 1 N–H and O–H groups in total. The summed E-state index contributed by atoms with van der Waals surface area (Å²) in [4.78, 5) is 25.6. The molecule has 0 saturated carbocycles. The molecule has 0 aliphatic rings. The lowest BCUT2D eigenvalue weighted by atomic mass is 10.2. The molecule has 90 valence electrons. The minimum Gasteiger partial charge on any atom is -0.297 e. The van der Waals surface area contributed by atoms with E-state index in [1.54, 1.807) is 0 Å². The second-order valence-corrected chi connectivity index (χ2v) is 4.19. The number of hydrogen-bond acceptors (Lipinski definition) is 3. The fraction of sp³-hybridized carbons (Fsp3) is 0. The molecule has 0 saturated heterocycles. The van der Waals surface area contributed by atoms with Gasteiger partial charge in [0, 0.05) is 6.07 Å². The summed E-state index contributed by atoms with van der Waals surface area (Å²) in [6.07, 6.45) is 0. The van der Waals surface area contributed by atoms with Crippen molar-refractivity contribution >= 4 is 23.2 Å². The first-order chi connectivity index (χ1) is 8.52. The molecule has 1 heterocycles. The van der Waals surface area contributed by atoms with Crippen molar-refractivity contribution in [2.24, 2.45) is 0 Å². The zero-order chi connectivity index (χ0) is 13.3. The fourth-order valence-electron chi connectivity index (χ4n) is 1.45. The Morgan fingerprint density at radius 1 is 1.22 bits per heavy atom. The van der Waals surface area contributed by atoms with E-state index in [9.17, 15) is 9.59 Å². The van der Waals surface area contributed by atoms with Crippen LogP contribution in [0, 0.1) is 11.3 Å². The van der Waals surface area contributed by atoms with Crippen LogP contribution in [0.25, 0.3) is 5.69 Å². The van der Waals surface area contributed by atoms with Crippen LogP contribution in [0.5, 0.6) is 0 Å². The van der Waals surface area contributed by atoms with E-state index in [0.29, 0.717) is 0 Å². The van der Waals surface area contributed by atoms with E-state index in [0.717, 1.165) is 10.6 Å². The zero-order valence-electron chi connectivity index (χ0n) is 8.78. The second kappa shape index (κ2) is 4.69. The first kappa shape index (κ1) is 12.4. The maximum atomic E-state index is 11.7. The molecule has 0 aliphatic carbocycles. The molecule has 18 heavy (non-hydrogen) atoms. The summed E-state index contributed by atoms with van der Waals surface area (Å²) in [6, 6.07) is 7.21. The van der Waals surface area contributed by atoms with Crippen molar-refractivity contribution in [3.63, 3.8) is 0 Å². The van der Waals surface area contributed by atoms with E-state index in [-0.39, 0.29) is 21.4 Å². The third-order valence-electron chi connectivity index (χ3n) is 2.23. The van der Waals surface area contributed by atoms with Gasteiger partial charge < -0.3 is 0 Å².